The van der Waals surface area contributed by atoms with E-state index in [1.807, 2.05) is 57.5 Å². The van der Waals surface area contributed by atoms with Crippen LogP contribution >= 0.6 is 11.3 Å². The van der Waals surface area contributed by atoms with Crippen LogP contribution in [0.1, 0.15) is 27.7 Å². The first-order valence-electron chi connectivity index (χ1n) is 7.27. The molecule has 1 aliphatic heterocycles. The Balaban J connectivity index is 1.97. The molecule has 1 saturated heterocycles. The Labute approximate surface area is 135 Å². The second-order valence-electron chi connectivity index (χ2n) is 6.39. The fourth-order valence-corrected chi connectivity index (χ4v) is 3.16. The predicted octanol–water partition coefficient (Wildman–Crippen LogP) is 3.12. The number of thiazole rings is 1. The summed E-state index contributed by atoms with van der Waals surface area (Å²) in [7, 11) is 1.22. The third kappa shape index (κ3) is 2.55. The minimum Gasteiger partial charge on any atom is -0.497 e. The van der Waals surface area contributed by atoms with E-state index in [-0.39, 0.29) is 11.2 Å². The van der Waals surface area contributed by atoms with Crippen molar-refractivity contribution in [2.24, 2.45) is 0 Å². The van der Waals surface area contributed by atoms with Crippen LogP contribution in [-0.4, -0.2) is 30.4 Å². The molecule has 0 aliphatic carbocycles. The van der Waals surface area contributed by atoms with E-state index >= 15 is 0 Å². The van der Waals surface area contributed by atoms with Gasteiger partial charge in [-0.15, -0.1) is 11.3 Å². The molecule has 0 spiro atoms. The molecular formula is C16H20BNO3S. The smallest absolute Gasteiger partial charge is 0.497 e. The minimum absolute atomic E-state index is 0.368. The van der Waals surface area contributed by atoms with Crippen LogP contribution in [0.3, 0.4) is 0 Å². The Morgan fingerprint density at radius 2 is 1.82 bits per heavy atom. The van der Waals surface area contributed by atoms with Gasteiger partial charge in [0.05, 0.1) is 34.3 Å². The van der Waals surface area contributed by atoms with E-state index < -0.39 is 7.12 Å². The van der Waals surface area contributed by atoms with Gasteiger partial charge in [-0.2, -0.15) is 0 Å². The summed E-state index contributed by atoms with van der Waals surface area (Å²) in [4.78, 5) is 5.54. The van der Waals surface area contributed by atoms with Crippen molar-refractivity contribution in [1.82, 2.24) is 4.98 Å². The number of aromatic nitrogens is 1. The van der Waals surface area contributed by atoms with Crippen molar-refractivity contribution in [3.63, 3.8) is 0 Å². The summed E-state index contributed by atoms with van der Waals surface area (Å²) >= 11 is 1.58. The third-order valence-corrected chi connectivity index (χ3v) is 5.29. The van der Waals surface area contributed by atoms with E-state index in [4.69, 9.17) is 14.0 Å². The van der Waals surface area contributed by atoms with Crippen molar-refractivity contribution in [1.29, 1.82) is 0 Å². The summed E-state index contributed by atoms with van der Waals surface area (Å²) < 4.78 is 17.5. The monoisotopic (exact) mass is 317 g/mol. The number of ether oxygens (including phenoxy) is 1. The number of nitrogens with zero attached hydrogens (tertiary/aromatic N) is 1. The molecule has 0 bridgehead atoms. The van der Waals surface area contributed by atoms with Crippen molar-refractivity contribution >= 4 is 24.0 Å². The number of rotatable bonds is 3. The molecule has 0 atom stereocenters. The Kier molecular flexibility index (Phi) is 3.79. The first-order valence-corrected chi connectivity index (χ1v) is 8.15. The number of hydrogen-bond donors (Lipinski definition) is 0. The molecule has 3 rings (SSSR count). The van der Waals surface area contributed by atoms with Gasteiger partial charge in [-0.25, -0.2) is 0 Å². The SMILES string of the molecule is COc1cccc(-c2scnc2B2OC(C)(C)C(C)(C)O2)c1. The van der Waals surface area contributed by atoms with Crippen LogP contribution < -0.4 is 10.3 Å². The van der Waals surface area contributed by atoms with Gasteiger partial charge < -0.3 is 14.0 Å². The molecule has 4 nitrogen and oxygen atoms in total. The number of benzene rings is 1. The van der Waals surface area contributed by atoms with E-state index in [9.17, 15) is 0 Å². The molecule has 0 amide bonds. The highest BCUT2D eigenvalue weighted by Crippen LogP contribution is 2.37. The molecule has 0 N–H and O–H groups in total. The van der Waals surface area contributed by atoms with Crippen LogP contribution in [-0.2, 0) is 9.31 Å². The van der Waals surface area contributed by atoms with Gasteiger partial charge in [0.25, 0.3) is 0 Å². The summed E-state index contributed by atoms with van der Waals surface area (Å²) in [5.41, 5.74) is 2.98. The molecule has 0 radical (unpaired) electrons. The van der Waals surface area contributed by atoms with E-state index in [1.54, 1.807) is 18.4 Å². The van der Waals surface area contributed by atoms with Crippen LogP contribution in [0.2, 0.25) is 0 Å². The second-order valence-corrected chi connectivity index (χ2v) is 7.24. The zero-order chi connectivity index (χ0) is 16.0. The van der Waals surface area contributed by atoms with Crippen LogP contribution in [0, 0.1) is 0 Å². The number of hydrogen-bond acceptors (Lipinski definition) is 5. The summed E-state index contributed by atoms with van der Waals surface area (Å²) in [6.07, 6.45) is 0. The van der Waals surface area contributed by atoms with E-state index in [2.05, 4.69) is 4.98 Å². The van der Waals surface area contributed by atoms with Gasteiger partial charge in [-0.3, -0.25) is 4.98 Å². The van der Waals surface area contributed by atoms with E-state index in [0.29, 0.717) is 0 Å². The lowest BCUT2D eigenvalue weighted by Crippen LogP contribution is -2.41. The van der Waals surface area contributed by atoms with Crippen molar-refractivity contribution in [3.8, 4) is 16.2 Å². The van der Waals surface area contributed by atoms with Crippen LogP contribution in [0.25, 0.3) is 10.4 Å². The topological polar surface area (TPSA) is 40.6 Å². The largest absolute Gasteiger partial charge is 0.516 e. The van der Waals surface area contributed by atoms with Gasteiger partial charge in [-0.1, -0.05) is 12.1 Å². The van der Waals surface area contributed by atoms with Gasteiger partial charge in [0.15, 0.2) is 0 Å². The molecule has 1 fully saturated rings. The van der Waals surface area contributed by atoms with Crippen molar-refractivity contribution in [2.45, 2.75) is 38.9 Å². The lowest BCUT2D eigenvalue weighted by Gasteiger charge is -2.32. The van der Waals surface area contributed by atoms with Crippen LogP contribution in [0.4, 0.5) is 0 Å². The van der Waals surface area contributed by atoms with Crippen LogP contribution in [0.15, 0.2) is 29.8 Å². The molecule has 1 aliphatic rings. The first-order chi connectivity index (χ1) is 10.3. The average Bonchev–Trinajstić information content (AvgIpc) is 3.02. The third-order valence-electron chi connectivity index (χ3n) is 4.40. The maximum atomic E-state index is 6.12. The van der Waals surface area contributed by atoms with Crippen molar-refractivity contribution in [2.75, 3.05) is 7.11 Å². The van der Waals surface area contributed by atoms with Crippen molar-refractivity contribution in [3.05, 3.63) is 29.8 Å². The molecule has 0 saturated carbocycles. The Hall–Kier alpha value is -1.37. The minimum atomic E-state index is -0.447. The lowest BCUT2D eigenvalue weighted by molar-refractivity contribution is 0.00578. The maximum absolute atomic E-state index is 6.12. The standard InChI is InChI=1S/C16H20BNO3S/c1-15(2)16(3,4)21-17(20-15)14-13(22-10-18-14)11-7-6-8-12(9-11)19-5/h6-10H,1-5H3. The highest BCUT2D eigenvalue weighted by molar-refractivity contribution is 7.14. The molecule has 0 unspecified atom stereocenters. The predicted molar refractivity (Wildman–Crippen MR) is 89.8 cm³/mol. The molecule has 2 aromatic rings. The quantitative estimate of drug-likeness (QED) is 0.816. The molecule has 116 valence electrons. The molecule has 6 heteroatoms. The fraction of sp³-hybridized carbons (Fsp3) is 0.438. The highest BCUT2D eigenvalue weighted by Gasteiger charge is 2.53. The second kappa shape index (κ2) is 5.37. The summed E-state index contributed by atoms with van der Waals surface area (Å²) in [5.74, 6) is 0.825. The number of methoxy groups -OCH3 is 1. The van der Waals surface area contributed by atoms with Gasteiger partial charge in [0.2, 0.25) is 0 Å². The first kappa shape index (κ1) is 15.5. The molecule has 2 heterocycles. The van der Waals surface area contributed by atoms with E-state index in [1.165, 1.54) is 0 Å². The van der Waals surface area contributed by atoms with Crippen LogP contribution in [0.5, 0.6) is 5.75 Å². The summed E-state index contributed by atoms with van der Waals surface area (Å²) in [6, 6.07) is 7.95. The normalized spacial score (nSPS) is 19.4. The zero-order valence-corrected chi connectivity index (χ0v) is 14.4. The van der Waals surface area contributed by atoms with Gasteiger partial charge in [-0.05, 0) is 45.4 Å². The summed E-state index contributed by atoms with van der Waals surface area (Å²) in [6.45, 7) is 8.18. The summed E-state index contributed by atoms with van der Waals surface area (Å²) in [5, 5.41) is 0. The fourth-order valence-electron chi connectivity index (χ4n) is 2.36. The lowest BCUT2D eigenvalue weighted by atomic mass is 9.82. The van der Waals surface area contributed by atoms with Gasteiger partial charge >= 0.3 is 7.12 Å². The van der Waals surface area contributed by atoms with Crippen molar-refractivity contribution < 1.29 is 14.0 Å². The Bertz CT molecular complexity index is 668. The van der Waals surface area contributed by atoms with Gasteiger partial charge in [0, 0.05) is 0 Å². The zero-order valence-electron chi connectivity index (χ0n) is 13.5. The maximum Gasteiger partial charge on any atom is 0.516 e. The molecule has 1 aromatic carbocycles. The Morgan fingerprint density at radius 1 is 1.14 bits per heavy atom. The Morgan fingerprint density at radius 3 is 2.45 bits per heavy atom. The highest BCUT2D eigenvalue weighted by atomic mass is 32.1. The van der Waals surface area contributed by atoms with E-state index in [0.717, 1.165) is 21.8 Å². The molecule has 22 heavy (non-hydrogen) atoms. The molecule has 1 aromatic heterocycles. The average molecular weight is 317 g/mol. The molecular weight excluding hydrogens is 297 g/mol. The van der Waals surface area contributed by atoms with Gasteiger partial charge in [0.1, 0.15) is 5.75 Å².